The minimum absolute atomic E-state index is 0.146. The monoisotopic (exact) mass is 482 g/mol. The van der Waals surface area contributed by atoms with Gasteiger partial charge in [-0.05, 0) is 36.4 Å². The summed E-state index contributed by atoms with van der Waals surface area (Å²) in [5, 5.41) is 11.6. The van der Waals surface area contributed by atoms with Gasteiger partial charge in [-0.3, -0.25) is 9.36 Å². The van der Waals surface area contributed by atoms with Crippen LogP contribution in [-0.2, 0) is 12.7 Å². The van der Waals surface area contributed by atoms with Crippen LogP contribution in [0.15, 0.2) is 65.3 Å². The Bertz CT molecular complexity index is 1120. The number of nitrogens with zero attached hydrogens (tertiary/aromatic N) is 3. The molecule has 1 amide bonds. The van der Waals surface area contributed by atoms with Crippen LogP contribution in [0, 0.1) is 0 Å². The van der Waals surface area contributed by atoms with E-state index in [1.165, 1.54) is 23.9 Å². The second kappa shape index (κ2) is 10.1. The number of methoxy groups -OCH3 is 1. The van der Waals surface area contributed by atoms with Crippen LogP contribution in [0.2, 0.25) is 0 Å². The molecule has 11 heteroatoms. The normalized spacial score (nSPS) is 11.3. The van der Waals surface area contributed by atoms with Gasteiger partial charge in [0.15, 0.2) is 11.0 Å². The molecule has 1 N–H and O–H groups in total. The van der Waals surface area contributed by atoms with E-state index >= 15 is 0 Å². The van der Waals surface area contributed by atoms with Gasteiger partial charge >= 0.3 is 6.18 Å². The van der Waals surface area contributed by atoms with Crippen molar-refractivity contribution in [1.82, 2.24) is 20.1 Å². The smallest absolute Gasteiger partial charge is 0.417 e. The Morgan fingerprint density at radius 1 is 1.19 bits per heavy atom. The van der Waals surface area contributed by atoms with Crippen molar-refractivity contribution >= 4 is 29.3 Å². The number of ether oxygens (including phenoxy) is 1. The molecule has 0 unspecified atom stereocenters. The van der Waals surface area contributed by atoms with E-state index in [0.29, 0.717) is 33.2 Å². The molecule has 3 rings (SSSR count). The third-order valence-corrected chi connectivity index (χ3v) is 5.58. The molecule has 0 aliphatic heterocycles. The average molecular weight is 483 g/mol. The second-order valence-corrected chi connectivity index (χ2v) is 7.94. The van der Waals surface area contributed by atoms with Crippen molar-refractivity contribution in [3.63, 3.8) is 0 Å². The fourth-order valence-electron chi connectivity index (χ4n) is 2.82. The van der Waals surface area contributed by atoms with Gasteiger partial charge in [0.25, 0.3) is 5.91 Å². The molecular weight excluding hydrogens is 465 g/mol. The Labute approximate surface area is 191 Å². The summed E-state index contributed by atoms with van der Waals surface area (Å²) < 4.78 is 46.6. The zero-order chi connectivity index (χ0) is 23.3. The maximum absolute atomic E-state index is 13.2. The molecule has 0 aliphatic carbocycles. The zero-order valence-corrected chi connectivity index (χ0v) is 18.4. The first-order valence-electron chi connectivity index (χ1n) is 9.20. The molecule has 0 fully saturated rings. The summed E-state index contributed by atoms with van der Waals surface area (Å²) >= 11 is 7.14. The third kappa shape index (κ3) is 5.63. The third-order valence-electron chi connectivity index (χ3n) is 4.27. The van der Waals surface area contributed by atoms with Gasteiger partial charge < -0.3 is 10.1 Å². The lowest BCUT2D eigenvalue weighted by atomic mass is 10.1. The van der Waals surface area contributed by atoms with Crippen molar-refractivity contribution in [1.29, 1.82) is 0 Å². The van der Waals surface area contributed by atoms with Crippen LogP contribution in [0.5, 0.6) is 5.75 Å². The van der Waals surface area contributed by atoms with Crippen LogP contribution < -0.4 is 10.1 Å². The fourth-order valence-corrected chi connectivity index (χ4v) is 3.71. The molecule has 0 aliphatic rings. The highest BCUT2D eigenvalue weighted by molar-refractivity contribution is 7.99. The predicted molar refractivity (Wildman–Crippen MR) is 116 cm³/mol. The van der Waals surface area contributed by atoms with E-state index in [1.807, 2.05) is 0 Å². The summed E-state index contributed by atoms with van der Waals surface area (Å²) in [6, 6.07) is 11.6. The number of hydrogen-bond acceptors (Lipinski definition) is 5. The highest BCUT2D eigenvalue weighted by Gasteiger charge is 2.34. The Balaban J connectivity index is 1.88. The van der Waals surface area contributed by atoms with E-state index in [4.69, 9.17) is 16.3 Å². The van der Waals surface area contributed by atoms with Gasteiger partial charge in [-0.2, -0.15) is 13.2 Å². The number of nitrogens with one attached hydrogen (secondary N) is 1. The van der Waals surface area contributed by atoms with Crippen molar-refractivity contribution in [2.75, 3.05) is 12.9 Å². The van der Waals surface area contributed by atoms with Crippen molar-refractivity contribution in [2.24, 2.45) is 0 Å². The van der Waals surface area contributed by atoms with E-state index < -0.39 is 23.2 Å². The van der Waals surface area contributed by atoms with Crippen LogP contribution in [-0.4, -0.2) is 33.5 Å². The van der Waals surface area contributed by atoms with Crippen LogP contribution >= 0.6 is 23.4 Å². The van der Waals surface area contributed by atoms with E-state index in [0.717, 1.165) is 12.1 Å². The molecular formula is C21H18ClF3N4O2S. The Morgan fingerprint density at radius 3 is 2.50 bits per heavy atom. The number of benzene rings is 2. The van der Waals surface area contributed by atoms with Gasteiger partial charge in [0, 0.05) is 16.5 Å². The quantitative estimate of drug-likeness (QED) is 0.454. The van der Waals surface area contributed by atoms with E-state index in [2.05, 4.69) is 22.1 Å². The number of aromatic nitrogens is 3. The number of carbonyl (C=O) groups excluding carboxylic acids is 1. The molecule has 0 saturated carbocycles. The predicted octanol–water partition coefficient (Wildman–Crippen LogP) is 5.07. The number of alkyl halides is 3. The summed E-state index contributed by atoms with van der Waals surface area (Å²) in [6.07, 6.45) is -4.65. The summed E-state index contributed by atoms with van der Waals surface area (Å²) in [7, 11) is 1.54. The maximum Gasteiger partial charge on any atom is 0.417 e. The topological polar surface area (TPSA) is 69.0 Å². The van der Waals surface area contributed by atoms with Crippen LogP contribution in [0.25, 0.3) is 5.69 Å². The van der Waals surface area contributed by atoms with Crippen molar-refractivity contribution in [2.45, 2.75) is 17.9 Å². The number of hydrogen-bond donors (Lipinski definition) is 1. The largest absolute Gasteiger partial charge is 0.497 e. The molecule has 0 bridgehead atoms. The Morgan fingerprint density at radius 2 is 1.88 bits per heavy atom. The fraction of sp³-hybridized carbons (Fsp3) is 0.190. The molecule has 1 aromatic heterocycles. The van der Waals surface area contributed by atoms with E-state index in [1.54, 1.807) is 35.9 Å². The van der Waals surface area contributed by atoms with Gasteiger partial charge in [0.1, 0.15) is 5.75 Å². The van der Waals surface area contributed by atoms with Crippen molar-refractivity contribution < 1.29 is 22.7 Å². The molecule has 0 saturated heterocycles. The highest BCUT2D eigenvalue weighted by Crippen LogP contribution is 2.32. The van der Waals surface area contributed by atoms with Gasteiger partial charge in [0.05, 0.1) is 24.8 Å². The number of carbonyl (C=O) groups is 1. The molecule has 6 nitrogen and oxygen atoms in total. The van der Waals surface area contributed by atoms with Crippen molar-refractivity contribution in [3.8, 4) is 11.4 Å². The molecule has 0 spiro atoms. The molecule has 168 valence electrons. The van der Waals surface area contributed by atoms with Gasteiger partial charge in [-0.25, -0.2) is 0 Å². The number of rotatable bonds is 8. The number of thioether (sulfide) groups is 1. The summed E-state index contributed by atoms with van der Waals surface area (Å²) in [5.41, 5.74) is -0.798. The molecule has 3 aromatic rings. The minimum atomic E-state index is -4.65. The van der Waals surface area contributed by atoms with Gasteiger partial charge in [0.2, 0.25) is 0 Å². The lowest BCUT2D eigenvalue weighted by Crippen LogP contribution is -2.27. The Hall–Kier alpha value is -2.98. The summed E-state index contributed by atoms with van der Waals surface area (Å²) in [5.74, 6) is 0.478. The molecule has 32 heavy (non-hydrogen) atoms. The molecule has 1 heterocycles. The van der Waals surface area contributed by atoms with Crippen LogP contribution in [0.4, 0.5) is 13.2 Å². The SMILES string of the molecule is C=C(Cl)CSc1nnc(CNC(=O)c2ccccc2C(F)(F)F)n1-c1ccc(OC)cc1. The zero-order valence-electron chi connectivity index (χ0n) is 16.8. The molecule has 0 radical (unpaired) electrons. The lowest BCUT2D eigenvalue weighted by molar-refractivity contribution is -0.137. The maximum atomic E-state index is 13.2. The van der Waals surface area contributed by atoms with Crippen molar-refractivity contribution in [3.05, 3.63) is 77.1 Å². The molecule has 0 atom stereocenters. The van der Waals surface area contributed by atoms with Crippen LogP contribution in [0.3, 0.4) is 0 Å². The standard InChI is InChI=1S/C21H18ClF3N4O2S/c1-13(22)12-32-20-28-27-18(29(20)14-7-9-15(31-2)10-8-14)11-26-19(30)16-5-3-4-6-17(16)21(23,24)25/h3-10H,1,11-12H2,2H3,(H,26,30). The van der Waals surface area contributed by atoms with Crippen LogP contribution in [0.1, 0.15) is 21.7 Å². The highest BCUT2D eigenvalue weighted by atomic mass is 35.5. The first-order valence-corrected chi connectivity index (χ1v) is 10.6. The van der Waals surface area contributed by atoms with Gasteiger partial charge in [-0.15, -0.1) is 10.2 Å². The Kier molecular flexibility index (Phi) is 7.47. The first kappa shape index (κ1) is 23.7. The summed E-state index contributed by atoms with van der Waals surface area (Å²) in [4.78, 5) is 12.5. The van der Waals surface area contributed by atoms with E-state index in [-0.39, 0.29) is 6.54 Å². The van der Waals surface area contributed by atoms with E-state index in [9.17, 15) is 18.0 Å². The average Bonchev–Trinajstić information content (AvgIpc) is 3.18. The molecule has 2 aromatic carbocycles. The first-order chi connectivity index (χ1) is 15.2. The minimum Gasteiger partial charge on any atom is -0.497 e. The number of amides is 1. The van der Waals surface area contributed by atoms with Gasteiger partial charge in [-0.1, -0.05) is 42.1 Å². The number of halogens is 4. The summed E-state index contributed by atoms with van der Waals surface area (Å²) in [6.45, 7) is 3.50. The lowest BCUT2D eigenvalue weighted by Gasteiger charge is -2.14. The second-order valence-electron chi connectivity index (χ2n) is 6.46.